The van der Waals surface area contributed by atoms with Crippen molar-refractivity contribution >= 4 is 0 Å². The lowest BCUT2D eigenvalue weighted by atomic mass is 10.5. The first kappa shape index (κ1) is 10.9. The number of hydrogen-bond acceptors (Lipinski definition) is 2. The van der Waals surface area contributed by atoms with E-state index in [4.69, 9.17) is 9.78 Å². The van der Waals surface area contributed by atoms with Gasteiger partial charge in [0, 0.05) is 0 Å². The highest BCUT2D eigenvalue weighted by atomic mass is 17.2. The van der Waals surface area contributed by atoms with E-state index in [1.54, 1.807) is 24.3 Å². The highest BCUT2D eigenvalue weighted by Crippen LogP contribution is 1.82. The van der Waals surface area contributed by atoms with Crippen LogP contribution in [0.15, 0.2) is 49.6 Å². The van der Waals surface area contributed by atoms with Gasteiger partial charge >= 0.3 is 0 Å². The molecule has 0 aromatic heterocycles. The third-order valence-corrected chi connectivity index (χ3v) is 0.956. The molecule has 0 atom stereocenters. The van der Waals surface area contributed by atoms with Gasteiger partial charge in [0.05, 0.1) is 0 Å². The molecule has 0 saturated carbocycles. The Balaban J connectivity index is 3.10. The van der Waals surface area contributed by atoms with E-state index in [-0.39, 0.29) is 0 Å². The molecule has 0 fully saturated rings. The number of rotatable bonds is 7. The van der Waals surface area contributed by atoms with Gasteiger partial charge in [0.25, 0.3) is 0 Å². The van der Waals surface area contributed by atoms with Gasteiger partial charge in [-0.1, -0.05) is 49.6 Å². The molecule has 0 aliphatic carbocycles. The molecule has 0 aromatic carbocycles. The van der Waals surface area contributed by atoms with Crippen LogP contribution in [-0.4, -0.2) is 13.2 Å². The van der Waals surface area contributed by atoms with E-state index in [2.05, 4.69) is 13.2 Å². The maximum Gasteiger partial charge on any atom is 0.101 e. The monoisotopic (exact) mass is 166 g/mol. The summed E-state index contributed by atoms with van der Waals surface area (Å²) in [5.74, 6) is 0. The van der Waals surface area contributed by atoms with Crippen LogP contribution in [0.5, 0.6) is 0 Å². The zero-order chi connectivity index (χ0) is 9.07. The molecule has 0 saturated heterocycles. The largest absolute Gasteiger partial charge is 0.232 e. The second-order valence-corrected chi connectivity index (χ2v) is 1.90. The van der Waals surface area contributed by atoms with Crippen molar-refractivity contribution in [3.63, 3.8) is 0 Å². The van der Waals surface area contributed by atoms with E-state index in [9.17, 15) is 0 Å². The van der Waals surface area contributed by atoms with Gasteiger partial charge in [-0.3, -0.25) is 0 Å². The van der Waals surface area contributed by atoms with E-state index in [0.29, 0.717) is 13.2 Å². The fourth-order valence-electron chi connectivity index (χ4n) is 0.478. The Morgan fingerprint density at radius 3 is 1.58 bits per heavy atom. The summed E-state index contributed by atoms with van der Waals surface area (Å²) in [6, 6.07) is 0. The van der Waals surface area contributed by atoms with Crippen molar-refractivity contribution in [1.82, 2.24) is 0 Å². The van der Waals surface area contributed by atoms with Crippen LogP contribution in [0.1, 0.15) is 0 Å². The summed E-state index contributed by atoms with van der Waals surface area (Å²) in [7, 11) is 0. The third kappa shape index (κ3) is 8.88. The summed E-state index contributed by atoms with van der Waals surface area (Å²) in [4.78, 5) is 9.52. The van der Waals surface area contributed by atoms with Gasteiger partial charge in [-0.25, -0.2) is 9.78 Å². The van der Waals surface area contributed by atoms with E-state index in [1.807, 2.05) is 12.2 Å². The van der Waals surface area contributed by atoms with E-state index >= 15 is 0 Å². The van der Waals surface area contributed by atoms with Crippen LogP contribution in [-0.2, 0) is 9.78 Å². The zero-order valence-corrected chi connectivity index (χ0v) is 7.11. The molecule has 2 nitrogen and oxygen atoms in total. The van der Waals surface area contributed by atoms with Crippen LogP contribution in [0.2, 0.25) is 0 Å². The molecule has 0 aliphatic heterocycles. The summed E-state index contributed by atoms with van der Waals surface area (Å²) in [6.07, 6.45) is 10.6. The van der Waals surface area contributed by atoms with Crippen molar-refractivity contribution in [2.45, 2.75) is 0 Å². The molecule has 0 radical (unpaired) electrons. The molecular weight excluding hydrogens is 152 g/mol. The molecule has 66 valence electrons. The molecule has 0 aromatic rings. The van der Waals surface area contributed by atoms with Crippen molar-refractivity contribution in [2.75, 3.05) is 13.2 Å². The third-order valence-electron chi connectivity index (χ3n) is 0.956. The molecular formula is C10H14O2. The van der Waals surface area contributed by atoms with Crippen molar-refractivity contribution < 1.29 is 9.78 Å². The van der Waals surface area contributed by atoms with Gasteiger partial charge in [-0.15, -0.1) is 0 Å². The summed E-state index contributed by atoms with van der Waals surface area (Å²) < 4.78 is 0. The molecule has 2 heteroatoms. The first-order chi connectivity index (χ1) is 5.91. The second-order valence-electron chi connectivity index (χ2n) is 1.90. The van der Waals surface area contributed by atoms with Crippen molar-refractivity contribution in [3.05, 3.63) is 49.6 Å². The Morgan fingerprint density at radius 2 is 1.25 bits per heavy atom. The SMILES string of the molecule is C=C/C=C/COOC/C=C/C=C. The summed E-state index contributed by atoms with van der Waals surface area (Å²) in [5, 5.41) is 0. The maximum absolute atomic E-state index is 4.76. The normalized spacial score (nSPS) is 11.0. The fourth-order valence-corrected chi connectivity index (χ4v) is 0.478. The van der Waals surface area contributed by atoms with Gasteiger partial charge < -0.3 is 0 Å². The lowest BCUT2D eigenvalue weighted by Crippen LogP contribution is -1.93. The van der Waals surface area contributed by atoms with Crippen LogP contribution in [0.3, 0.4) is 0 Å². The van der Waals surface area contributed by atoms with Gasteiger partial charge in [0.1, 0.15) is 13.2 Å². The lowest BCUT2D eigenvalue weighted by Gasteiger charge is -1.95. The molecule has 0 aliphatic rings. The van der Waals surface area contributed by atoms with Crippen LogP contribution < -0.4 is 0 Å². The highest BCUT2D eigenvalue weighted by Gasteiger charge is 1.79. The molecule has 0 N–H and O–H groups in total. The predicted octanol–water partition coefficient (Wildman–Crippen LogP) is 2.42. The number of allylic oxidation sites excluding steroid dienone is 4. The molecule has 12 heavy (non-hydrogen) atoms. The summed E-state index contributed by atoms with van der Waals surface area (Å²) in [5.41, 5.74) is 0. The van der Waals surface area contributed by atoms with Crippen LogP contribution in [0.4, 0.5) is 0 Å². The minimum absolute atomic E-state index is 0.438. The minimum atomic E-state index is 0.438. The lowest BCUT2D eigenvalue weighted by molar-refractivity contribution is -0.277. The average Bonchev–Trinajstić information content (AvgIpc) is 2.10. The molecule has 0 amide bonds. The van der Waals surface area contributed by atoms with Gasteiger partial charge in [0.15, 0.2) is 0 Å². The van der Waals surface area contributed by atoms with Crippen LogP contribution in [0.25, 0.3) is 0 Å². The quantitative estimate of drug-likeness (QED) is 0.250. The second kappa shape index (κ2) is 9.88. The Hall–Kier alpha value is -1.12. The Bertz CT molecular complexity index is 149. The molecule has 0 unspecified atom stereocenters. The van der Waals surface area contributed by atoms with E-state index in [0.717, 1.165) is 0 Å². The highest BCUT2D eigenvalue weighted by molar-refractivity contribution is 4.97. The zero-order valence-electron chi connectivity index (χ0n) is 7.11. The Labute approximate surface area is 73.4 Å². The molecule has 0 heterocycles. The van der Waals surface area contributed by atoms with Crippen LogP contribution >= 0.6 is 0 Å². The first-order valence-corrected chi connectivity index (χ1v) is 3.71. The summed E-state index contributed by atoms with van der Waals surface area (Å²) >= 11 is 0. The number of hydrogen-bond donors (Lipinski definition) is 0. The van der Waals surface area contributed by atoms with Crippen molar-refractivity contribution in [1.29, 1.82) is 0 Å². The fraction of sp³-hybridized carbons (Fsp3) is 0.200. The predicted molar refractivity (Wildman–Crippen MR) is 50.6 cm³/mol. The molecule has 0 spiro atoms. The first-order valence-electron chi connectivity index (χ1n) is 3.71. The minimum Gasteiger partial charge on any atom is -0.232 e. The van der Waals surface area contributed by atoms with Gasteiger partial charge in [-0.05, 0) is 0 Å². The van der Waals surface area contributed by atoms with Crippen molar-refractivity contribution in [3.8, 4) is 0 Å². The standard InChI is InChI=1S/C10H14O2/c1-3-5-7-9-11-12-10-8-6-4-2/h3-8H,1-2,9-10H2/b7-5+,8-6+. The smallest absolute Gasteiger partial charge is 0.101 e. The van der Waals surface area contributed by atoms with E-state index in [1.165, 1.54) is 0 Å². The Morgan fingerprint density at radius 1 is 0.833 bits per heavy atom. The molecule has 0 rings (SSSR count). The average molecular weight is 166 g/mol. The van der Waals surface area contributed by atoms with Gasteiger partial charge in [0.2, 0.25) is 0 Å². The Kier molecular flexibility index (Phi) is 8.96. The molecule has 0 bridgehead atoms. The van der Waals surface area contributed by atoms with E-state index < -0.39 is 0 Å². The van der Waals surface area contributed by atoms with Crippen molar-refractivity contribution in [2.24, 2.45) is 0 Å². The topological polar surface area (TPSA) is 18.5 Å². The van der Waals surface area contributed by atoms with Crippen LogP contribution in [0, 0.1) is 0 Å². The van der Waals surface area contributed by atoms with Gasteiger partial charge in [-0.2, -0.15) is 0 Å². The summed E-state index contributed by atoms with van der Waals surface area (Å²) in [6.45, 7) is 7.90. The maximum atomic E-state index is 4.76.